The van der Waals surface area contributed by atoms with E-state index in [9.17, 15) is 13.6 Å². The van der Waals surface area contributed by atoms with E-state index in [0.29, 0.717) is 34.7 Å². The SMILES string of the molecule is CCc1nn2c(c1-c1ccc(F)cc1F)[N+](c1ccc(C#N)cc1)=CC2=O. The van der Waals surface area contributed by atoms with E-state index >= 15 is 0 Å². The van der Waals surface area contributed by atoms with Gasteiger partial charge in [0.05, 0.1) is 11.6 Å². The van der Waals surface area contributed by atoms with Crippen LogP contribution in [0.25, 0.3) is 11.1 Å². The van der Waals surface area contributed by atoms with Crippen molar-refractivity contribution < 1.29 is 13.6 Å². The first-order chi connectivity index (χ1) is 13.0. The third-order valence-corrected chi connectivity index (χ3v) is 4.42. The number of hydrogen-bond acceptors (Lipinski definition) is 3. The molecule has 0 saturated carbocycles. The quantitative estimate of drug-likeness (QED) is 0.665. The molecule has 2 heterocycles. The number of aromatic nitrogens is 2. The van der Waals surface area contributed by atoms with Gasteiger partial charge >= 0.3 is 11.7 Å². The van der Waals surface area contributed by atoms with Gasteiger partial charge in [0, 0.05) is 11.6 Å². The molecule has 0 radical (unpaired) electrons. The highest BCUT2D eigenvalue weighted by Gasteiger charge is 2.39. The molecule has 0 saturated heterocycles. The maximum atomic E-state index is 14.5. The summed E-state index contributed by atoms with van der Waals surface area (Å²) in [7, 11) is 0. The van der Waals surface area contributed by atoms with E-state index in [4.69, 9.17) is 5.26 Å². The fourth-order valence-corrected chi connectivity index (χ4v) is 3.16. The van der Waals surface area contributed by atoms with Crippen LogP contribution in [0.2, 0.25) is 0 Å². The largest absolute Gasteiger partial charge is 0.399 e. The van der Waals surface area contributed by atoms with Crippen molar-refractivity contribution in [3.63, 3.8) is 0 Å². The van der Waals surface area contributed by atoms with Gasteiger partial charge in [-0.05, 0) is 42.8 Å². The summed E-state index contributed by atoms with van der Waals surface area (Å²) in [6, 6.07) is 12.0. The molecule has 0 spiro atoms. The second kappa shape index (κ2) is 6.25. The average Bonchev–Trinajstić information content (AvgIpc) is 3.19. The van der Waals surface area contributed by atoms with Crippen LogP contribution in [0.3, 0.4) is 0 Å². The lowest BCUT2D eigenvalue weighted by Crippen LogP contribution is -2.08. The van der Waals surface area contributed by atoms with Gasteiger partial charge in [-0.25, -0.2) is 13.6 Å². The maximum absolute atomic E-state index is 14.5. The van der Waals surface area contributed by atoms with Crippen molar-refractivity contribution in [2.45, 2.75) is 13.3 Å². The molecule has 4 rings (SSSR count). The Bertz CT molecular complexity index is 1150. The standard InChI is InChI=1S/C20H13F2N4O/c1-2-17-19(15-8-5-13(21)9-16(15)22)20-25(11-18(27)26(20)24-17)14-6-3-12(10-23)4-7-14/h3-9,11H,2H2,1H3/q+1. The number of halogens is 2. The third-order valence-electron chi connectivity index (χ3n) is 4.42. The Labute approximate surface area is 153 Å². The Balaban J connectivity index is 1.96. The van der Waals surface area contributed by atoms with Gasteiger partial charge in [-0.15, -0.1) is 0 Å². The molecule has 0 N–H and O–H groups in total. The summed E-state index contributed by atoms with van der Waals surface area (Å²) in [4.78, 5) is 12.4. The lowest BCUT2D eigenvalue weighted by molar-refractivity contribution is 0.0989. The molecule has 0 atom stereocenters. The summed E-state index contributed by atoms with van der Waals surface area (Å²) in [5, 5.41) is 13.3. The van der Waals surface area contributed by atoms with Gasteiger partial charge in [0.1, 0.15) is 28.6 Å². The first kappa shape index (κ1) is 16.8. The number of aryl methyl sites for hydroxylation is 1. The molecule has 132 valence electrons. The van der Waals surface area contributed by atoms with E-state index in [0.717, 1.165) is 6.07 Å². The minimum Gasteiger partial charge on any atom is -0.235 e. The van der Waals surface area contributed by atoms with Crippen molar-refractivity contribution in [2.75, 3.05) is 0 Å². The Kier molecular flexibility index (Phi) is 3.89. The number of benzene rings is 2. The summed E-state index contributed by atoms with van der Waals surface area (Å²) >= 11 is 0. The molecule has 5 nitrogen and oxygen atoms in total. The number of carbonyl (C=O) groups excluding carboxylic acids is 1. The van der Waals surface area contributed by atoms with Gasteiger partial charge in [0.2, 0.25) is 0 Å². The zero-order valence-corrected chi connectivity index (χ0v) is 14.3. The number of carbonyl (C=O) groups is 1. The molecule has 27 heavy (non-hydrogen) atoms. The molecule has 0 aliphatic carbocycles. The Morgan fingerprint density at radius 1 is 1.19 bits per heavy atom. The second-order valence-corrected chi connectivity index (χ2v) is 6.03. The number of hydrogen-bond donors (Lipinski definition) is 0. The molecule has 0 fully saturated rings. The normalized spacial score (nSPS) is 12.7. The third kappa shape index (κ3) is 2.62. The van der Waals surface area contributed by atoms with Crippen LogP contribution in [0.5, 0.6) is 0 Å². The average molecular weight is 363 g/mol. The second-order valence-electron chi connectivity index (χ2n) is 6.03. The van der Waals surface area contributed by atoms with Crippen molar-refractivity contribution >= 4 is 23.6 Å². The van der Waals surface area contributed by atoms with Gasteiger partial charge in [-0.1, -0.05) is 16.7 Å². The van der Waals surface area contributed by atoms with Crippen LogP contribution in [-0.2, 0) is 6.42 Å². The zero-order chi connectivity index (χ0) is 19.1. The molecule has 3 aromatic rings. The molecular formula is C20H13F2N4O+. The Morgan fingerprint density at radius 3 is 2.56 bits per heavy atom. The van der Waals surface area contributed by atoms with Crippen molar-refractivity contribution in [1.29, 1.82) is 5.26 Å². The lowest BCUT2D eigenvalue weighted by Gasteiger charge is -2.06. The number of nitriles is 1. The number of rotatable bonds is 3. The van der Waals surface area contributed by atoms with Crippen molar-refractivity contribution in [1.82, 2.24) is 14.4 Å². The van der Waals surface area contributed by atoms with Crippen LogP contribution in [0.1, 0.15) is 23.0 Å². The molecule has 0 unspecified atom stereocenters. The molecular weight excluding hydrogens is 350 g/mol. The summed E-state index contributed by atoms with van der Waals surface area (Å²) in [5.41, 5.74) is 2.28. The van der Waals surface area contributed by atoms with Crippen LogP contribution in [0.4, 0.5) is 20.3 Å². The lowest BCUT2D eigenvalue weighted by atomic mass is 10.0. The molecule has 2 aromatic carbocycles. The van der Waals surface area contributed by atoms with Crippen LogP contribution >= 0.6 is 0 Å². The summed E-state index contributed by atoms with van der Waals surface area (Å²) in [6.07, 6.45) is 1.83. The maximum Gasteiger partial charge on any atom is 0.399 e. The number of fused-ring (bicyclic) bond motifs is 1. The summed E-state index contributed by atoms with van der Waals surface area (Å²) in [6.45, 7) is 1.85. The van der Waals surface area contributed by atoms with Crippen LogP contribution in [0.15, 0.2) is 42.5 Å². The van der Waals surface area contributed by atoms with Crippen molar-refractivity contribution in [3.05, 3.63) is 65.4 Å². The highest BCUT2D eigenvalue weighted by atomic mass is 19.1. The Morgan fingerprint density at radius 2 is 1.93 bits per heavy atom. The zero-order valence-electron chi connectivity index (χ0n) is 14.3. The Hall–Kier alpha value is -3.66. The molecule has 1 aromatic heterocycles. The van der Waals surface area contributed by atoms with E-state index in [1.807, 2.05) is 13.0 Å². The minimum absolute atomic E-state index is 0.177. The predicted molar refractivity (Wildman–Crippen MR) is 96.3 cm³/mol. The monoisotopic (exact) mass is 363 g/mol. The van der Waals surface area contributed by atoms with E-state index < -0.39 is 11.6 Å². The van der Waals surface area contributed by atoms with E-state index in [-0.39, 0.29) is 11.5 Å². The van der Waals surface area contributed by atoms with E-state index in [1.54, 1.807) is 28.8 Å². The molecule has 1 aliphatic heterocycles. The van der Waals surface area contributed by atoms with Crippen LogP contribution in [0, 0.1) is 23.0 Å². The highest BCUT2D eigenvalue weighted by molar-refractivity contribution is 6.31. The molecule has 0 amide bonds. The molecule has 1 aliphatic rings. The fourth-order valence-electron chi connectivity index (χ4n) is 3.16. The molecule has 7 heteroatoms. The highest BCUT2D eigenvalue weighted by Crippen LogP contribution is 2.38. The van der Waals surface area contributed by atoms with Gasteiger partial charge in [-0.3, -0.25) is 0 Å². The van der Waals surface area contributed by atoms with Gasteiger partial charge in [0.15, 0.2) is 6.21 Å². The number of nitrogens with zero attached hydrogens (tertiary/aromatic N) is 4. The van der Waals surface area contributed by atoms with E-state index in [2.05, 4.69) is 5.10 Å². The summed E-state index contributed by atoms with van der Waals surface area (Å²) < 4.78 is 30.7. The van der Waals surface area contributed by atoms with E-state index in [1.165, 1.54) is 23.0 Å². The van der Waals surface area contributed by atoms with Crippen molar-refractivity contribution in [3.8, 4) is 17.2 Å². The smallest absolute Gasteiger partial charge is 0.235 e. The van der Waals surface area contributed by atoms with Gasteiger partial charge < -0.3 is 0 Å². The first-order valence-electron chi connectivity index (χ1n) is 8.29. The van der Waals surface area contributed by atoms with Crippen LogP contribution in [-0.4, -0.2) is 21.9 Å². The van der Waals surface area contributed by atoms with Crippen LogP contribution < -0.4 is 4.58 Å². The topological polar surface area (TPSA) is 61.7 Å². The fraction of sp³-hybridized carbons (Fsp3) is 0.100. The molecule has 0 bridgehead atoms. The minimum atomic E-state index is -0.723. The van der Waals surface area contributed by atoms with Crippen molar-refractivity contribution in [2.24, 2.45) is 0 Å². The van der Waals surface area contributed by atoms with Gasteiger partial charge in [0.25, 0.3) is 0 Å². The first-order valence-corrected chi connectivity index (χ1v) is 8.29. The predicted octanol–water partition coefficient (Wildman–Crippen LogP) is 3.82. The van der Waals surface area contributed by atoms with Gasteiger partial charge in [-0.2, -0.15) is 9.84 Å². The summed E-state index contributed by atoms with van der Waals surface area (Å²) in [5.74, 6) is -1.37.